The average molecular weight is 253 g/mol. The maximum absolute atomic E-state index is 12.2. The second kappa shape index (κ2) is 5.33. The van der Waals surface area contributed by atoms with Crippen LogP contribution in [0.15, 0.2) is 48.7 Å². The number of nitrogens with zero attached hydrogens (tertiary/aromatic N) is 1. The molecule has 1 aromatic heterocycles. The van der Waals surface area contributed by atoms with Gasteiger partial charge in [0.15, 0.2) is 5.78 Å². The van der Waals surface area contributed by atoms with Gasteiger partial charge in [0.25, 0.3) is 0 Å². The van der Waals surface area contributed by atoms with Crippen LogP contribution >= 0.6 is 0 Å². The number of carbonyl (C=O) groups is 1. The van der Waals surface area contributed by atoms with E-state index in [-0.39, 0.29) is 11.9 Å². The molecule has 0 saturated heterocycles. The number of Topliss-reactive ketones (excluding diaryl/α,β-unsaturated/α-hetero) is 1. The number of rotatable bonds is 3. The van der Waals surface area contributed by atoms with Crippen molar-refractivity contribution < 1.29 is 9.53 Å². The highest BCUT2D eigenvalue weighted by atomic mass is 16.5. The van der Waals surface area contributed by atoms with Gasteiger partial charge in [0.1, 0.15) is 5.69 Å². The molecule has 2 aromatic rings. The first kappa shape index (κ1) is 12.1. The third kappa shape index (κ3) is 2.56. The summed E-state index contributed by atoms with van der Waals surface area (Å²) in [5.74, 6) is 0.0299. The number of pyridine rings is 1. The van der Waals surface area contributed by atoms with Crippen molar-refractivity contribution in [2.75, 3.05) is 6.61 Å². The van der Waals surface area contributed by atoms with E-state index in [1.807, 2.05) is 30.3 Å². The lowest BCUT2D eigenvalue weighted by atomic mass is 9.94. The molecule has 3 nitrogen and oxygen atoms in total. The minimum Gasteiger partial charge on any atom is -0.373 e. The van der Waals surface area contributed by atoms with Gasteiger partial charge in [-0.2, -0.15) is 0 Å². The van der Waals surface area contributed by atoms with Gasteiger partial charge in [0.2, 0.25) is 0 Å². The number of benzene rings is 1. The molecule has 2 heterocycles. The van der Waals surface area contributed by atoms with Crippen LogP contribution in [0, 0.1) is 0 Å². The third-order valence-corrected chi connectivity index (χ3v) is 3.41. The van der Waals surface area contributed by atoms with Crippen molar-refractivity contribution in [3.05, 3.63) is 65.5 Å². The molecule has 3 heteroatoms. The van der Waals surface area contributed by atoms with E-state index in [2.05, 4.69) is 11.1 Å². The van der Waals surface area contributed by atoms with Crippen molar-refractivity contribution >= 4 is 5.78 Å². The standard InChI is InChI=1S/C16H15NO2/c18-15(14-7-3-4-9-17-14)11-16-13-6-2-1-5-12(13)8-10-19-16/h1-7,9,16H,8,10-11H2. The molecule has 0 amide bonds. The first-order chi connectivity index (χ1) is 9.34. The van der Waals surface area contributed by atoms with Gasteiger partial charge >= 0.3 is 0 Å². The average Bonchev–Trinajstić information content (AvgIpc) is 2.48. The zero-order valence-corrected chi connectivity index (χ0v) is 10.6. The molecule has 0 spiro atoms. The molecule has 1 unspecified atom stereocenters. The first-order valence-electron chi connectivity index (χ1n) is 6.48. The van der Waals surface area contributed by atoms with Crippen LogP contribution in [-0.4, -0.2) is 17.4 Å². The van der Waals surface area contributed by atoms with Crippen molar-refractivity contribution in [2.24, 2.45) is 0 Å². The number of aromatic nitrogens is 1. The highest BCUT2D eigenvalue weighted by molar-refractivity contribution is 5.94. The highest BCUT2D eigenvalue weighted by Crippen LogP contribution is 2.30. The van der Waals surface area contributed by atoms with Crippen LogP contribution < -0.4 is 0 Å². The van der Waals surface area contributed by atoms with Crippen LogP contribution in [0.4, 0.5) is 0 Å². The van der Waals surface area contributed by atoms with Gasteiger partial charge in [-0.15, -0.1) is 0 Å². The van der Waals surface area contributed by atoms with Crippen molar-refractivity contribution in [3.8, 4) is 0 Å². The maximum Gasteiger partial charge on any atom is 0.184 e. The zero-order chi connectivity index (χ0) is 13.1. The number of hydrogen-bond donors (Lipinski definition) is 0. The molecule has 0 saturated carbocycles. The predicted molar refractivity (Wildman–Crippen MR) is 72.0 cm³/mol. The van der Waals surface area contributed by atoms with Gasteiger partial charge in [0, 0.05) is 12.6 Å². The summed E-state index contributed by atoms with van der Waals surface area (Å²) in [5.41, 5.74) is 2.93. The summed E-state index contributed by atoms with van der Waals surface area (Å²) in [7, 11) is 0. The number of fused-ring (bicyclic) bond motifs is 1. The van der Waals surface area contributed by atoms with Crippen LogP contribution in [0.1, 0.15) is 34.1 Å². The quantitative estimate of drug-likeness (QED) is 0.789. The van der Waals surface area contributed by atoms with Gasteiger partial charge in [-0.1, -0.05) is 30.3 Å². The Morgan fingerprint density at radius 2 is 2.05 bits per heavy atom. The summed E-state index contributed by atoms with van der Waals surface area (Å²) < 4.78 is 5.75. The van der Waals surface area contributed by atoms with Crippen molar-refractivity contribution in [1.29, 1.82) is 0 Å². The first-order valence-corrected chi connectivity index (χ1v) is 6.48. The minimum atomic E-state index is -0.139. The Labute approximate surface area is 112 Å². The molecule has 0 fully saturated rings. The molecule has 19 heavy (non-hydrogen) atoms. The van der Waals surface area contributed by atoms with E-state index in [0.717, 1.165) is 12.0 Å². The zero-order valence-electron chi connectivity index (χ0n) is 10.6. The Kier molecular flexibility index (Phi) is 3.38. The lowest BCUT2D eigenvalue weighted by molar-refractivity contribution is 0.0350. The van der Waals surface area contributed by atoms with E-state index in [1.54, 1.807) is 12.3 Å². The molecular formula is C16H15NO2. The number of hydrogen-bond acceptors (Lipinski definition) is 3. The maximum atomic E-state index is 12.2. The van der Waals surface area contributed by atoms with Crippen LogP contribution in [0.5, 0.6) is 0 Å². The predicted octanol–water partition coefficient (Wildman–Crippen LogP) is 2.97. The lowest BCUT2D eigenvalue weighted by Crippen LogP contribution is -2.19. The van der Waals surface area contributed by atoms with Gasteiger partial charge in [0.05, 0.1) is 12.7 Å². The summed E-state index contributed by atoms with van der Waals surface area (Å²) in [6, 6.07) is 13.6. The molecule has 0 radical (unpaired) electrons. The Bertz CT molecular complexity index is 580. The van der Waals surface area contributed by atoms with Crippen LogP contribution in [0.25, 0.3) is 0 Å². The molecule has 0 bridgehead atoms. The topological polar surface area (TPSA) is 39.2 Å². The fraction of sp³-hybridized carbons (Fsp3) is 0.250. The van der Waals surface area contributed by atoms with E-state index in [1.165, 1.54) is 5.56 Å². The highest BCUT2D eigenvalue weighted by Gasteiger charge is 2.23. The second-order valence-corrected chi connectivity index (χ2v) is 4.65. The van der Waals surface area contributed by atoms with Crippen molar-refractivity contribution in [3.63, 3.8) is 0 Å². The molecular weight excluding hydrogens is 238 g/mol. The Hall–Kier alpha value is -2.00. The Morgan fingerprint density at radius 3 is 2.89 bits per heavy atom. The number of ether oxygens (including phenoxy) is 1. The summed E-state index contributed by atoms with van der Waals surface area (Å²) in [5, 5.41) is 0. The Morgan fingerprint density at radius 1 is 1.21 bits per heavy atom. The monoisotopic (exact) mass is 253 g/mol. The minimum absolute atomic E-state index is 0.0299. The van der Waals surface area contributed by atoms with E-state index in [4.69, 9.17) is 4.74 Å². The summed E-state index contributed by atoms with van der Waals surface area (Å²) in [6.07, 6.45) is 2.78. The summed E-state index contributed by atoms with van der Waals surface area (Å²) >= 11 is 0. The summed E-state index contributed by atoms with van der Waals surface area (Å²) in [4.78, 5) is 16.3. The molecule has 1 aromatic carbocycles. The largest absolute Gasteiger partial charge is 0.373 e. The fourth-order valence-electron chi connectivity index (χ4n) is 2.45. The van der Waals surface area contributed by atoms with E-state index >= 15 is 0 Å². The van der Waals surface area contributed by atoms with E-state index < -0.39 is 0 Å². The van der Waals surface area contributed by atoms with Crippen molar-refractivity contribution in [1.82, 2.24) is 4.98 Å². The smallest absolute Gasteiger partial charge is 0.184 e. The van der Waals surface area contributed by atoms with Gasteiger partial charge in [-0.05, 0) is 29.7 Å². The summed E-state index contributed by atoms with van der Waals surface area (Å²) in [6.45, 7) is 0.678. The van der Waals surface area contributed by atoms with E-state index in [0.29, 0.717) is 18.7 Å². The SMILES string of the molecule is O=C(CC1OCCc2ccccc21)c1ccccn1. The van der Waals surface area contributed by atoms with Crippen LogP contribution in [0.2, 0.25) is 0 Å². The second-order valence-electron chi connectivity index (χ2n) is 4.65. The molecule has 0 aliphatic carbocycles. The van der Waals surface area contributed by atoms with E-state index in [9.17, 15) is 4.79 Å². The van der Waals surface area contributed by atoms with Gasteiger partial charge in [-0.3, -0.25) is 9.78 Å². The number of carbonyl (C=O) groups excluding carboxylic acids is 1. The van der Waals surface area contributed by atoms with Gasteiger partial charge in [-0.25, -0.2) is 0 Å². The molecule has 0 N–H and O–H groups in total. The number of ketones is 1. The molecule has 1 aliphatic rings. The molecule has 1 atom stereocenters. The molecule has 3 rings (SSSR count). The van der Waals surface area contributed by atoms with Crippen LogP contribution in [-0.2, 0) is 11.2 Å². The molecule has 96 valence electrons. The van der Waals surface area contributed by atoms with Gasteiger partial charge < -0.3 is 4.74 Å². The third-order valence-electron chi connectivity index (χ3n) is 3.41. The lowest BCUT2D eigenvalue weighted by Gasteiger charge is -2.25. The van der Waals surface area contributed by atoms with Crippen LogP contribution in [0.3, 0.4) is 0 Å². The normalized spacial score (nSPS) is 17.8. The molecule has 1 aliphatic heterocycles. The van der Waals surface area contributed by atoms with Crippen molar-refractivity contribution in [2.45, 2.75) is 18.9 Å². The Balaban J connectivity index is 1.80. The fourth-order valence-corrected chi connectivity index (χ4v) is 2.45.